The maximum atomic E-state index is 11.9. The molecule has 0 saturated heterocycles. The summed E-state index contributed by atoms with van der Waals surface area (Å²) in [5.41, 5.74) is 2.41. The first-order chi connectivity index (χ1) is 9.93. The van der Waals surface area contributed by atoms with Gasteiger partial charge in [-0.2, -0.15) is 0 Å². The normalized spacial score (nSPS) is 10.0. The van der Waals surface area contributed by atoms with Crippen LogP contribution in [0.15, 0.2) is 18.2 Å². The summed E-state index contributed by atoms with van der Waals surface area (Å²) in [5.74, 6) is -0.128. The van der Waals surface area contributed by atoms with Crippen molar-refractivity contribution in [1.82, 2.24) is 5.32 Å². The highest BCUT2D eigenvalue weighted by molar-refractivity contribution is 5.95. The second-order valence-electron chi connectivity index (χ2n) is 5.43. The third kappa shape index (κ3) is 6.91. The molecule has 0 unspecified atom stereocenters. The van der Waals surface area contributed by atoms with Crippen LogP contribution in [-0.2, 0) is 9.59 Å². The van der Waals surface area contributed by atoms with E-state index in [0.717, 1.165) is 24.2 Å². The first-order valence-electron chi connectivity index (χ1n) is 7.30. The highest BCUT2D eigenvalue weighted by atomic mass is 35.5. The molecule has 1 aromatic carbocycles. The second kappa shape index (κ2) is 10.2. The van der Waals surface area contributed by atoms with Crippen LogP contribution in [0.2, 0.25) is 0 Å². The first-order valence-corrected chi connectivity index (χ1v) is 7.30. The molecular weight excluding hydrogens is 302 g/mol. The molecule has 0 aliphatic carbocycles. The van der Waals surface area contributed by atoms with Crippen molar-refractivity contribution in [2.75, 3.05) is 24.2 Å². The molecule has 0 radical (unpaired) electrons. The number of aryl methyl sites for hydroxylation is 1. The van der Waals surface area contributed by atoms with E-state index in [0.29, 0.717) is 12.1 Å². The number of benzene rings is 1. The predicted molar refractivity (Wildman–Crippen MR) is 93.7 cm³/mol. The molecule has 0 aliphatic rings. The predicted octanol–water partition coefficient (Wildman–Crippen LogP) is 2.95. The van der Waals surface area contributed by atoms with Crippen molar-refractivity contribution >= 4 is 35.6 Å². The number of rotatable bonds is 7. The average molecular weight is 328 g/mol. The summed E-state index contributed by atoms with van der Waals surface area (Å²) in [4.78, 5) is 23.6. The van der Waals surface area contributed by atoms with Crippen LogP contribution in [0.4, 0.5) is 11.4 Å². The van der Waals surface area contributed by atoms with Crippen LogP contribution in [0.5, 0.6) is 0 Å². The van der Waals surface area contributed by atoms with E-state index in [1.807, 2.05) is 40.0 Å². The van der Waals surface area contributed by atoms with E-state index < -0.39 is 0 Å². The topological polar surface area (TPSA) is 70.2 Å². The van der Waals surface area contributed by atoms with Gasteiger partial charge in [-0.3, -0.25) is 9.59 Å². The number of hydrogen-bond donors (Lipinski definition) is 3. The number of amides is 2. The maximum Gasteiger partial charge on any atom is 0.226 e. The van der Waals surface area contributed by atoms with E-state index in [2.05, 4.69) is 16.0 Å². The van der Waals surface area contributed by atoms with Gasteiger partial charge in [0.05, 0.1) is 0 Å². The Morgan fingerprint density at radius 2 is 1.86 bits per heavy atom. The smallest absolute Gasteiger partial charge is 0.226 e. The van der Waals surface area contributed by atoms with Gasteiger partial charge in [-0.25, -0.2) is 0 Å². The van der Waals surface area contributed by atoms with Crippen molar-refractivity contribution in [2.45, 2.75) is 33.6 Å². The van der Waals surface area contributed by atoms with Crippen LogP contribution in [0.3, 0.4) is 0 Å². The molecule has 0 fully saturated rings. The summed E-state index contributed by atoms with van der Waals surface area (Å²) in [6.45, 7) is 6.43. The van der Waals surface area contributed by atoms with E-state index in [4.69, 9.17) is 0 Å². The first kappa shape index (κ1) is 20.4. The summed E-state index contributed by atoms with van der Waals surface area (Å²) in [7, 11) is 1.86. The number of anilines is 2. The van der Waals surface area contributed by atoms with Gasteiger partial charge < -0.3 is 16.0 Å². The molecule has 0 bridgehead atoms. The minimum atomic E-state index is -0.0779. The third-order valence-electron chi connectivity index (χ3n) is 3.13. The van der Waals surface area contributed by atoms with Crippen LogP contribution in [0.25, 0.3) is 0 Å². The SMILES string of the molecule is CNCCCC(=O)Nc1cc(NC(=O)C(C)C)ccc1C.Cl. The van der Waals surface area contributed by atoms with Gasteiger partial charge in [0.15, 0.2) is 0 Å². The molecule has 22 heavy (non-hydrogen) atoms. The van der Waals surface area contributed by atoms with E-state index in [1.165, 1.54) is 0 Å². The molecule has 0 aliphatic heterocycles. The molecule has 0 spiro atoms. The molecule has 0 heterocycles. The van der Waals surface area contributed by atoms with Crippen LogP contribution in [0, 0.1) is 12.8 Å². The Kier molecular flexibility index (Phi) is 9.45. The fourth-order valence-electron chi connectivity index (χ4n) is 1.76. The number of nitrogens with one attached hydrogen (secondary N) is 3. The maximum absolute atomic E-state index is 11.9. The highest BCUT2D eigenvalue weighted by Crippen LogP contribution is 2.21. The van der Waals surface area contributed by atoms with Crippen molar-refractivity contribution in [1.29, 1.82) is 0 Å². The van der Waals surface area contributed by atoms with Crippen molar-refractivity contribution in [3.05, 3.63) is 23.8 Å². The molecule has 0 aromatic heterocycles. The lowest BCUT2D eigenvalue weighted by Crippen LogP contribution is -2.18. The minimum Gasteiger partial charge on any atom is -0.326 e. The molecule has 0 atom stereocenters. The van der Waals surface area contributed by atoms with Crippen LogP contribution in [-0.4, -0.2) is 25.4 Å². The summed E-state index contributed by atoms with van der Waals surface area (Å²) in [6.07, 6.45) is 1.27. The average Bonchev–Trinajstić information content (AvgIpc) is 2.42. The van der Waals surface area contributed by atoms with Gasteiger partial charge in [0.25, 0.3) is 0 Å². The zero-order valence-corrected chi connectivity index (χ0v) is 14.5. The van der Waals surface area contributed by atoms with Crippen LogP contribution in [0.1, 0.15) is 32.3 Å². The van der Waals surface area contributed by atoms with Gasteiger partial charge in [0.2, 0.25) is 11.8 Å². The fourth-order valence-corrected chi connectivity index (χ4v) is 1.76. The van der Waals surface area contributed by atoms with Gasteiger partial charge in [-0.1, -0.05) is 19.9 Å². The minimum absolute atomic E-state index is 0. The zero-order chi connectivity index (χ0) is 15.8. The Bertz CT molecular complexity index is 504. The molecule has 124 valence electrons. The lowest BCUT2D eigenvalue weighted by Gasteiger charge is -2.12. The summed E-state index contributed by atoms with van der Waals surface area (Å²) in [5, 5.41) is 8.74. The number of carbonyl (C=O) groups excluding carboxylic acids is 2. The fraction of sp³-hybridized carbons (Fsp3) is 0.500. The van der Waals surface area contributed by atoms with E-state index in [1.54, 1.807) is 6.07 Å². The molecule has 1 aromatic rings. The molecule has 6 heteroatoms. The van der Waals surface area contributed by atoms with Crippen molar-refractivity contribution < 1.29 is 9.59 Å². The zero-order valence-electron chi connectivity index (χ0n) is 13.7. The summed E-state index contributed by atoms with van der Waals surface area (Å²) < 4.78 is 0. The lowest BCUT2D eigenvalue weighted by atomic mass is 10.1. The van der Waals surface area contributed by atoms with Crippen LogP contribution >= 0.6 is 12.4 Å². The van der Waals surface area contributed by atoms with E-state index in [-0.39, 0.29) is 30.1 Å². The molecule has 1 rings (SSSR count). The van der Waals surface area contributed by atoms with E-state index >= 15 is 0 Å². The summed E-state index contributed by atoms with van der Waals surface area (Å²) in [6, 6.07) is 5.52. The second-order valence-corrected chi connectivity index (χ2v) is 5.43. The van der Waals surface area contributed by atoms with Gasteiger partial charge >= 0.3 is 0 Å². The number of carbonyl (C=O) groups is 2. The molecule has 3 N–H and O–H groups in total. The number of hydrogen-bond acceptors (Lipinski definition) is 3. The largest absolute Gasteiger partial charge is 0.326 e. The molecule has 2 amide bonds. The molecular formula is C16H26ClN3O2. The Morgan fingerprint density at radius 1 is 1.18 bits per heavy atom. The number of halogens is 1. The Hall–Kier alpha value is -1.59. The molecule has 0 saturated carbocycles. The third-order valence-corrected chi connectivity index (χ3v) is 3.13. The standard InChI is InChI=1S/C16H25N3O2.ClH/c1-11(2)16(21)18-13-8-7-12(3)14(10-13)19-15(20)6-5-9-17-4;/h7-8,10-11,17H,5-6,9H2,1-4H3,(H,18,21)(H,19,20);1H. The lowest BCUT2D eigenvalue weighted by molar-refractivity contribution is -0.119. The van der Waals surface area contributed by atoms with Crippen molar-refractivity contribution in [2.24, 2.45) is 5.92 Å². The molecule has 5 nitrogen and oxygen atoms in total. The Balaban J connectivity index is 0.00000441. The van der Waals surface area contributed by atoms with Gasteiger partial charge in [0.1, 0.15) is 0 Å². The highest BCUT2D eigenvalue weighted by Gasteiger charge is 2.09. The van der Waals surface area contributed by atoms with Crippen molar-refractivity contribution in [3.63, 3.8) is 0 Å². The Labute approximate surface area is 138 Å². The summed E-state index contributed by atoms with van der Waals surface area (Å²) >= 11 is 0. The van der Waals surface area contributed by atoms with Gasteiger partial charge in [-0.15, -0.1) is 12.4 Å². The van der Waals surface area contributed by atoms with Gasteiger partial charge in [-0.05, 0) is 44.6 Å². The van der Waals surface area contributed by atoms with E-state index in [9.17, 15) is 9.59 Å². The van der Waals surface area contributed by atoms with Crippen molar-refractivity contribution in [3.8, 4) is 0 Å². The van der Waals surface area contributed by atoms with Gasteiger partial charge in [0, 0.05) is 23.7 Å². The van der Waals surface area contributed by atoms with Crippen LogP contribution < -0.4 is 16.0 Å². The monoisotopic (exact) mass is 327 g/mol. The Morgan fingerprint density at radius 3 is 2.45 bits per heavy atom. The quantitative estimate of drug-likeness (QED) is 0.674.